The van der Waals surface area contributed by atoms with Gasteiger partial charge in [-0.2, -0.15) is 10.4 Å². The maximum Gasteiger partial charge on any atom is 0.241 e. The van der Waals surface area contributed by atoms with Crippen LogP contribution in [0.4, 0.5) is 5.69 Å². The summed E-state index contributed by atoms with van der Waals surface area (Å²) in [6.07, 6.45) is 3.38. The molecule has 0 spiro atoms. The minimum absolute atomic E-state index is 0.00386. The number of nitrogens with zero attached hydrogens (tertiary/aromatic N) is 3. The number of nitriles is 1. The molecule has 0 radical (unpaired) electrons. The average Bonchev–Trinajstić information content (AvgIpc) is 2.99. The van der Waals surface area contributed by atoms with E-state index < -0.39 is 0 Å². The Morgan fingerprint density at radius 2 is 2.35 bits per heavy atom. The van der Waals surface area contributed by atoms with E-state index in [9.17, 15) is 4.79 Å². The van der Waals surface area contributed by atoms with Gasteiger partial charge in [-0.15, -0.1) is 0 Å². The largest absolute Gasteiger partial charge is 0.395 e. The predicted molar refractivity (Wildman–Crippen MR) is 85.5 cm³/mol. The first kappa shape index (κ1) is 16.5. The summed E-state index contributed by atoms with van der Waals surface area (Å²) in [6.45, 7) is 2.23. The van der Waals surface area contributed by atoms with Crippen LogP contribution in [0.2, 0.25) is 0 Å². The molecule has 0 saturated carbocycles. The van der Waals surface area contributed by atoms with Crippen molar-refractivity contribution in [3.05, 3.63) is 47.8 Å². The van der Waals surface area contributed by atoms with Crippen molar-refractivity contribution in [2.45, 2.75) is 19.5 Å². The summed E-state index contributed by atoms with van der Waals surface area (Å²) < 4.78 is 1.52. The molecule has 2 aromatic rings. The lowest BCUT2D eigenvalue weighted by Gasteiger charge is -2.14. The zero-order valence-electron chi connectivity index (χ0n) is 12.9. The zero-order chi connectivity index (χ0) is 16.7. The number of anilines is 1. The number of hydrogen-bond acceptors (Lipinski definition) is 5. The molecule has 7 nitrogen and oxygen atoms in total. The number of carbonyl (C=O) groups excluding carboxylic acids is 1. The molecule has 3 N–H and O–H groups in total. The van der Waals surface area contributed by atoms with E-state index >= 15 is 0 Å². The number of nitrogens with one attached hydrogen (secondary N) is 2. The van der Waals surface area contributed by atoms with Crippen LogP contribution in [0.5, 0.6) is 0 Å². The number of aliphatic hydroxyl groups excluding tert-OH is 1. The van der Waals surface area contributed by atoms with E-state index in [1.54, 1.807) is 18.5 Å². The second-order valence-corrected chi connectivity index (χ2v) is 5.10. The van der Waals surface area contributed by atoms with E-state index in [4.69, 9.17) is 10.4 Å². The standard InChI is InChI=1S/C16H19N5O2/c1-12(14-4-2-3-13(7-14)8-17)20-15-9-19-21(10-15)11-16(23)18-5-6-22/h2-4,7,9-10,12,20,22H,5-6,11H2,1H3,(H,18,23). The number of hydrogen-bond donors (Lipinski definition) is 3. The molecule has 0 aliphatic carbocycles. The topological polar surface area (TPSA) is 103 Å². The van der Waals surface area contributed by atoms with Crippen molar-refractivity contribution in [1.29, 1.82) is 5.26 Å². The zero-order valence-corrected chi connectivity index (χ0v) is 12.9. The lowest BCUT2D eigenvalue weighted by molar-refractivity contribution is -0.122. The maximum atomic E-state index is 11.6. The number of amides is 1. The van der Waals surface area contributed by atoms with Crippen molar-refractivity contribution >= 4 is 11.6 Å². The van der Waals surface area contributed by atoms with Crippen LogP contribution in [0.15, 0.2) is 36.7 Å². The number of aromatic nitrogens is 2. The van der Waals surface area contributed by atoms with Crippen molar-refractivity contribution in [2.24, 2.45) is 0 Å². The smallest absolute Gasteiger partial charge is 0.241 e. The third kappa shape index (κ3) is 4.83. The maximum absolute atomic E-state index is 11.6. The van der Waals surface area contributed by atoms with Gasteiger partial charge >= 0.3 is 0 Å². The number of benzene rings is 1. The highest BCUT2D eigenvalue weighted by molar-refractivity contribution is 5.75. The first-order valence-electron chi connectivity index (χ1n) is 7.29. The second kappa shape index (κ2) is 7.96. The molecule has 0 aliphatic heterocycles. The molecular weight excluding hydrogens is 294 g/mol. The van der Waals surface area contributed by atoms with Gasteiger partial charge in [-0.3, -0.25) is 9.48 Å². The molecule has 23 heavy (non-hydrogen) atoms. The van der Waals surface area contributed by atoms with Crippen molar-refractivity contribution < 1.29 is 9.90 Å². The van der Waals surface area contributed by atoms with Crippen molar-refractivity contribution in [1.82, 2.24) is 15.1 Å². The molecular formula is C16H19N5O2. The van der Waals surface area contributed by atoms with Gasteiger partial charge in [0.05, 0.1) is 30.1 Å². The molecule has 120 valence electrons. The number of aliphatic hydroxyl groups is 1. The van der Waals surface area contributed by atoms with Crippen molar-refractivity contribution in [3.63, 3.8) is 0 Å². The highest BCUT2D eigenvalue weighted by atomic mass is 16.3. The van der Waals surface area contributed by atoms with Crippen molar-refractivity contribution in [3.8, 4) is 6.07 Å². The van der Waals surface area contributed by atoms with Gasteiger partial charge in [0.25, 0.3) is 0 Å². The summed E-state index contributed by atoms with van der Waals surface area (Å²) in [5.74, 6) is -0.205. The lowest BCUT2D eigenvalue weighted by Crippen LogP contribution is -2.30. The average molecular weight is 313 g/mol. The van der Waals surface area contributed by atoms with E-state index in [-0.39, 0.29) is 31.6 Å². The van der Waals surface area contributed by atoms with Crippen LogP contribution < -0.4 is 10.6 Å². The highest BCUT2D eigenvalue weighted by Gasteiger charge is 2.09. The van der Waals surface area contributed by atoms with Gasteiger partial charge in [0, 0.05) is 18.8 Å². The molecule has 1 atom stereocenters. The second-order valence-electron chi connectivity index (χ2n) is 5.10. The Labute approximate surface area is 134 Å². The van der Waals surface area contributed by atoms with Crippen LogP contribution in [0.1, 0.15) is 24.1 Å². The molecule has 1 heterocycles. The molecule has 2 rings (SSSR count). The molecule has 1 aromatic carbocycles. The van der Waals surface area contributed by atoms with Gasteiger partial charge < -0.3 is 15.7 Å². The summed E-state index contributed by atoms with van der Waals surface area (Å²) in [7, 11) is 0. The fourth-order valence-corrected chi connectivity index (χ4v) is 2.13. The van der Waals surface area contributed by atoms with Gasteiger partial charge in [0.1, 0.15) is 6.54 Å². The molecule has 0 saturated heterocycles. The molecule has 1 aromatic heterocycles. The number of rotatable bonds is 7. The normalized spacial score (nSPS) is 11.5. The Morgan fingerprint density at radius 1 is 1.52 bits per heavy atom. The van der Waals surface area contributed by atoms with Crippen LogP contribution in [-0.2, 0) is 11.3 Å². The summed E-state index contributed by atoms with van der Waals surface area (Å²) in [6, 6.07) is 9.52. The predicted octanol–water partition coefficient (Wildman–Crippen LogP) is 1.04. The fourth-order valence-electron chi connectivity index (χ4n) is 2.13. The van der Waals surface area contributed by atoms with Gasteiger partial charge in [-0.05, 0) is 24.6 Å². The fraction of sp³-hybridized carbons (Fsp3) is 0.312. The monoisotopic (exact) mass is 313 g/mol. The summed E-state index contributed by atoms with van der Waals surface area (Å²) in [5.41, 5.74) is 2.40. The van der Waals surface area contributed by atoms with E-state index in [2.05, 4.69) is 21.8 Å². The van der Waals surface area contributed by atoms with Gasteiger partial charge in [-0.1, -0.05) is 12.1 Å². The molecule has 0 bridgehead atoms. The van der Waals surface area contributed by atoms with Crippen LogP contribution in [0.3, 0.4) is 0 Å². The third-order valence-corrected chi connectivity index (χ3v) is 3.27. The van der Waals surface area contributed by atoms with E-state index in [0.29, 0.717) is 5.56 Å². The minimum atomic E-state index is -0.205. The Morgan fingerprint density at radius 3 is 3.09 bits per heavy atom. The van der Waals surface area contributed by atoms with Gasteiger partial charge in [0.15, 0.2) is 0 Å². The van der Waals surface area contributed by atoms with E-state index in [0.717, 1.165) is 11.3 Å². The molecule has 7 heteroatoms. The Balaban J connectivity index is 1.95. The first-order chi connectivity index (χ1) is 11.1. The van der Waals surface area contributed by atoms with Crippen LogP contribution in [0.25, 0.3) is 0 Å². The molecule has 1 unspecified atom stereocenters. The van der Waals surface area contributed by atoms with Crippen molar-refractivity contribution in [2.75, 3.05) is 18.5 Å². The quantitative estimate of drug-likeness (QED) is 0.708. The Bertz CT molecular complexity index is 704. The molecule has 0 aliphatic rings. The third-order valence-electron chi connectivity index (χ3n) is 3.27. The van der Waals surface area contributed by atoms with Gasteiger partial charge in [0.2, 0.25) is 5.91 Å². The van der Waals surface area contributed by atoms with Crippen LogP contribution >= 0.6 is 0 Å². The van der Waals surface area contributed by atoms with E-state index in [1.807, 2.05) is 25.1 Å². The van der Waals surface area contributed by atoms with E-state index in [1.165, 1.54) is 4.68 Å². The van der Waals surface area contributed by atoms with Crippen LogP contribution in [0, 0.1) is 11.3 Å². The lowest BCUT2D eigenvalue weighted by atomic mass is 10.1. The summed E-state index contributed by atoms with van der Waals surface area (Å²) in [5, 5.41) is 27.6. The Hall–Kier alpha value is -2.85. The number of carbonyl (C=O) groups is 1. The SMILES string of the molecule is CC(Nc1cnn(CC(=O)NCCO)c1)c1cccc(C#N)c1. The molecule has 1 amide bonds. The summed E-state index contributed by atoms with van der Waals surface area (Å²) >= 11 is 0. The Kier molecular flexibility index (Phi) is 5.72. The first-order valence-corrected chi connectivity index (χ1v) is 7.29. The molecule has 0 fully saturated rings. The van der Waals surface area contributed by atoms with Gasteiger partial charge in [-0.25, -0.2) is 0 Å². The highest BCUT2D eigenvalue weighted by Crippen LogP contribution is 2.19. The summed E-state index contributed by atoms with van der Waals surface area (Å²) in [4.78, 5) is 11.6. The minimum Gasteiger partial charge on any atom is -0.395 e. The van der Waals surface area contributed by atoms with Crippen LogP contribution in [-0.4, -0.2) is 33.9 Å².